The minimum atomic E-state index is 0.0201. The van der Waals surface area contributed by atoms with Gasteiger partial charge >= 0.3 is 0 Å². The van der Waals surface area contributed by atoms with Crippen molar-refractivity contribution < 1.29 is 4.74 Å². The van der Waals surface area contributed by atoms with Gasteiger partial charge in [-0.3, -0.25) is 0 Å². The van der Waals surface area contributed by atoms with E-state index in [4.69, 9.17) is 22.1 Å². The second-order valence-corrected chi connectivity index (χ2v) is 5.93. The monoisotopic (exact) mass is 239 g/mol. The van der Waals surface area contributed by atoms with Gasteiger partial charge in [-0.2, -0.15) is 0 Å². The van der Waals surface area contributed by atoms with E-state index < -0.39 is 0 Å². The van der Waals surface area contributed by atoms with Gasteiger partial charge in [0.25, 0.3) is 0 Å². The van der Waals surface area contributed by atoms with E-state index in [0.29, 0.717) is 5.02 Å². The molecule has 1 heterocycles. The Balaban J connectivity index is 2.34. The van der Waals surface area contributed by atoms with Gasteiger partial charge in [-0.05, 0) is 23.6 Å². The fourth-order valence-electron chi connectivity index (χ4n) is 2.01. The molecule has 2 atom stereocenters. The summed E-state index contributed by atoms with van der Waals surface area (Å²) in [6, 6.07) is 5.68. The first-order valence-corrected chi connectivity index (χ1v) is 5.97. The maximum Gasteiger partial charge on any atom is 0.124 e. The number of benzene rings is 1. The summed E-state index contributed by atoms with van der Waals surface area (Å²) in [6.07, 6.45) is 1.01. The lowest BCUT2D eigenvalue weighted by molar-refractivity contribution is 0.0581. The summed E-state index contributed by atoms with van der Waals surface area (Å²) < 4.78 is 5.98. The Labute approximate surface area is 102 Å². The van der Waals surface area contributed by atoms with E-state index in [1.54, 1.807) is 0 Å². The van der Waals surface area contributed by atoms with E-state index in [1.807, 2.05) is 18.2 Å². The van der Waals surface area contributed by atoms with Crippen molar-refractivity contribution in [1.29, 1.82) is 0 Å². The number of hydrogen-bond donors (Lipinski definition) is 1. The van der Waals surface area contributed by atoms with Gasteiger partial charge in [-0.1, -0.05) is 32.4 Å². The summed E-state index contributed by atoms with van der Waals surface area (Å²) >= 11 is 5.96. The molecule has 1 unspecified atom stereocenters. The smallest absolute Gasteiger partial charge is 0.124 e. The van der Waals surface area contributed by atoms with Gasteiger partial charge in [0, 0.05) is 23.0 Å². The molecule has 0 bridgehead atoms. The first-order valence-electron chi connectivity index (χ1n) is 5.59. The molecule has 2 nitrogen and oxygen atoms in total. The lowest BCUT2D eigenvalue weighted by Gasteiger charge is -2.37. The van der Waals surface area contributed by atoms with Crippen molar-refractivity contribution in [2.24, 2.45) is 11.1 Å². The summed E-state index contributed by atoms with van der Waals surface area (Å²) in [6.45, 7) is 6.52. The van der Waals surface area contributed by atoms with E-state index in [2.05, 4.69) is 20.8 Å². The lowest BCUT2D eigenvalue weighted by Crippen LogP contribution is -2.38. The second kappa shape index (κ2) is 3.94. The largest absolute Gasteiger partial charge is 0.489 e. The first-order chi connectivity index (χ1) is 7.38. The van der Waals surface area contributed by atoms with Gasteiger partial charge < -0.3 is 10.5 Å². The molecule has 1 aromatic rings. The summed E-state index contributed by atoms with van der Waals surface area (Å²) in [5.74, 6) is 0.878. The number of rotatable bonds is 0. The Morgan fingerprint density at radius 3 is 2.69 bits per heavy atom. The van der Waals surface area contributed by atoms with Gasteiger partial charge in [0.05, 0.1) is 0 Å². The van der Waals surface area contributed by atoms with E-state index in [1.165, 1.54) is 0 Å². The third-order valence-electron chi connectivity index (χ3n) is 3.07. The molecule has 3 heteroatoms. The number of ether oxygens (including phenoxy) is 1. The molecule has 0 saturated heterocycles. The number of fused-ring (bicyclic) bond motifs is 1. The van der Waals surface area contributed by atoms with Crippen molar-refractivity contribution in [1.82, 2.24) is 0 Å². The highest BCUT2D eigenvalue weighted by Crippen LogP contribution is 2.40. The predicted molar refractivity (Wildman–Crippen MR) is 66.9 cm³/mol. The minimum Gasteiger partial charge on any atom is -0.489 e. The van der Waals surface area contributed by atoms with Crippen molar-refractivity contribution >= 4 is 11.6 Å². The molecule has 88 valence electrons. The summed E-state index contributed by atoms with van der Waals surface area (Å²) in [4.78, 5) is 0. The summed E-state index contributed by atoms with van der Waals surface area (Å²) in [5, 5.41) is 0.715. The molecule has 0 radical (unpaired) electrons. The SMILES string of the molecule is CC(C)(C)C1C[C@@H](N)c2cc(Cl)ccc2O1. The molecule has 1 aliphatic rings. The molecule has 16 heavy (non-hydrogen) atoms. The normalized spacial score (nSPS) is 24.8. The van der Waals surface area contributed by atoms with Crippen LogP contribution in [0.25, 0.3) is 0 Å². The fourth-order valence-corrected chi connectivity index (χ4v) is 2.19. The number of halogens is 1. The minimum absolute atomic E-state index is 0.0201. The molecule has 1 aromatic carbocycles. The topological polar surface area (TPSA) is 35.2 Å². The Kier molecular flexibility index (Phi) is 2.89. The van der Waals surface area contributed by atoms with Crippen LogP contribution < -0.4 is 10.5 Å². The zero-order valence-electron chi connectivity index (χ0n) is 9.96. The lowest BCUT2D eigenvalue weighted by atomic mass is 9.82. The van der Waals surface area contributed by atoms with Gasteiger partial charge in [0.2, 0.25) is 0 Å². The van der Waals surface area contributed by atoms with Crippen LogP contribution in [0, 0.1) is 5.41 Å². The number of nitrogens with two attached hydrogens (primary N) is 1. The Bertz CT molecular complexity index is 397. The summed E-state index contributed by atoms with van der Waals surface area (Å²) in [7, 11) is 0. The van der Waals surface area contributed by atoms with Crippen LogP contribution in [-0.4, -0.2) is 6.10 Å². The van der Waals surface area contributed by atoms with E-state index in [0.717, 1.165) is 17.7 Å². The van der Waals surface area contributed by atoms with Crippen LogP contribution in [0.1, 0.15) is 38.8 Å². The molecule has 0 aromatic heterocycles. The van der Waals surface area contributed by atoms with E-state index in [-0.39, 0.29) is 17.6 Å². The molecule has 0 saturated carbocycles. The molecular formula is C13H18ClNO. The molecule has 2 rings (SSSR count). The standard InChI is InChI=1S/C13H18ClNO/c1-13(2,3)12-7-10(15)9-6-8(14)4-5-11(9)16-12/h4-6,10,12H,7,15H2,1-3H3/t10-,12?/m1/s1. The average Bonchev–Trinajstić information content (AvgIpc) is 2.17. The van der Waals surface area contributed by atoms with Crippen LogP contribution in [-0.2, 0) is 0 Å². The van der Waals surface area contributed by atoms with Crippen LogP contribution in [0.3, 0.4) is 0 Å². The maximum atomic E-state index is 6.16. The third-order valence-corrected chi connectivity index (χ3v) is 3.31. The highest BCUT2D eigenvalue weighted by Gasteiger charge is 2.33. The molecule has 0 aliphatic carbocycles. The molecule has 2 N–H and O–H groups in total. The van der Waals surface area contributed by atoms with E-state index >= 15 is 0 Å². The van der Waals surface area contributed by atoms with Gasteiger partial charge in [-0.15, -0.1) is 0 Å². The number of hydrogen-bond acceptors (Lipinski definition) is 2. The van der Waals surface area contributed by atoms with Crippen LogP contribution in [0.15, 0.2) is 18.2 Å². The van der Waals surface area contributed by atoms with E-state index in [9.17, 15) is 0 Å². The van der Waals surface area contributed by atoms with Gasteiger partial charge in [0.15, 0.2) is 0 Å². The van der Waals surface area contributed by atoms with Crippen LogP contribution in [0.5, 0.6) is 5.75 Å². The zero-order valence-corrected chi connectivity index (χ0v) is 10.7. The average molecular weight is 240 g/mol. The van der Waals surface area contributed by atoms with Crippen LogP contribution in [0.4, 0.5) is 0 Å². The van der Waals surface area contributed by atoms with Gasteiger partial charge in [0.1, 0.15) is 11.9 Å². The maximum absolute atomic E-state index is 6.16. The van der Waals surface area contributed by atoms with Crippen molar-refractivity contribution in [3.05, 3.63) is 28.8 Å². The molecule has 0 spiro atoms. The van der Waals surface area contributed by atoms with Crippen molar-refractivity contribution in [2.75, 3.05) is 0 Å². The fraction of sp³-hybridized carbons (Fsp3) is 0.538. The van der Waals surface area contributed by atoms with Crippen LogP contribution >= 0.6 is 11.6 Å². The zero-order chi connectivity index (χ0) is 11.9. The van der Waals surface area contributed by atoms with Crippen LogP contribution in [0.2, 0.25) is 5.02 Å². The third kappa shape index (κ3) is 2.18. The van der Waals surface area contributed by atoms with Crippen molar-refractivity contribution in [3.63, 3.8) is 0 Å². The Morgan fingerprint density at radius 1 is 1.38 bits per heavy atom. The predicted octanol–water partition coefficient (Wildman–Crippen LogP) is 3.54. The summed E-state index contributed by atoms with van der Waals surface area (Å²) in [5.41, 5.74) is 7.29. The van der Waals surface area contributed by atoms with Crippen molar-refractivity contribution in [2.45, 2.75) is 39.3 Å². The highest BCUT2D eigenvalue weighted by molar-refractivity contribution is 6.30. The molecule has 1 aliphatic heterocycles. The Hall–Kier alpha value is -0.730. The molecule has 0 amide bonds. The highest BCUT2D eigenvalue weighted by atomic mass is 35.5. The first kappa shape index (κ1) is 11.7. The Morgan fingerprint density at radius 2 is 2.06 bits per heavy atom. The molecular weight excluding hydrogens is 222 g/mol. The van der Waals surface area contributed by atoms with Gasteiger partial charge in [-0.25, -0.2) is 0 Å². The quantitative estimate of drug-likeness (QED) is 0.752. The second-order valence-electron chi connectivity index (χ2n) is 5.50. The molecule has 0 fully saturated rings. The van der Waals surface area contributed by atoms with Crippen molar-refractivity contribution in [3.8, 4) is 5.75 Å².